The van der Waals surface area contributed by atoms with Gasteiger partial charge in [-0.2, -0.15) is 10.4 Å². The molecular weight excluding hydrogens is 376 g/mol. The fraction of sp³-hybridized carbons (Fsp3) is 0.316. The Hall–Kier alpha value is -2.80. The average Bonchev–Trinajstić information content (AvgIpc) is 2.93. The molecule has 0 amide bonds. The highest BCUT2D eigenvalue weighted by molar-refractivity contribution is 7.90. The first-order chi connectivity index (χ1) is 13.1. The average molecular weight is 398 g/mol. The van der Waals surface area contributed by atoms with Crippen LogP contribution in [0.2, 0.25) is 0 Å². The van der Waals surface area contributed by atoms with E-state index in [0.29, 0.717) is 17.1 Å². The Morgan fingerprint density at radius 1 is 1.29 bits per heavy atom. The number of aliphatic hydroxyl groups excluding tert-OH is 1. The molecule has 1 aromatic heterocycles. The smallest absolute Gasteiger partial charge is 0.163 e. The molecule has 2 aromatic rings. The largest absolute Gasteiger partial charge is 0.370 e. The fourth-order valence-corrected chi connectivity index (χ4v) is 3.93. The minimum Gasteiger partial charge on any atom is -0.370 e. The minimum absolute atomic E-state index is 0.283. The van der Waals surface area contributed by atoms with E-state index in [2.05, 4.69) is 16.2 Å². The number of anilines is 1. The Morgan fingerprint density at radius 3 is 2.43 bits per heavy atom. The molecule has 0 bridgehead atoms. The standard InChI is InChI=1S/C19H22N6O2S/c1-13-19(2,15-7-5-14(11-20)6-8-15)18(26)25(23-13)17-10-9-16(12-22-17)28(21,27)24(3)4/h5-10,12,18,21,26H,1-4H3. The second-order valence-electron chi connectivity index (χ2n) is 6.99. The Morgan fingerprint density at radius 2 is 1.93 bits per heavy atom. The number of hydrazone groups is 1. The number of nitrogens with one attached hydrogen (secondary N) is 1. The molecule has 3 atom stereocenters. The molecule has 0 radical (unpaired) electrons. The van der Waals surface area contributed by atoms with Gasteiger partial charge in [-0.05, 0) is 43.7 Å². The molecule has 2 N–H and O–H groups in total. The molecule has 0 aliphatic carbocycles. The summed E-state index contributed by atoms with van der Waals surface area (Å²) < 4.78 is 21.7. The summed E-state index contributed by atoms with van der Waals surface area (Å²) in [6.07, 6.45) is 0.368. The first-order valence-electron chi connectivity index (χ1n) is 8.58. The SMILES string of the molecule is CC1=NN(c2ccc(S(=N)(=O)N(C)C)cn2)C(O)C1(C)c1ccc(C#N)cc1. The number of hydrogen-bond acceptors (Lipinski definition) is 7. The molecule has 0 fully saturated rings. The monoisotopic (exact) mass is 398 g/mol. The number of benzene rings is 1. The third-order valence-electron chi connectivity index (χ3n) is 5.16. The van der Waals surface area contributed by atoms with Crippen molar-refractivity contribution in [1.29, 1.82) is 10.0 Å². The third-order valence-corrected chi connectivity index (χ3v) is 7.07. The van der Waals surface area contributed by atoms with Gasteiger partial charge >= 0.3 is 0 Å². The molecule has 9 heteroatoms. The van der Waals surface area contributed by atoms with Gasteiger partial charge in [0.2, 0.25) is 0 Å². The van der Waals surface area contributed by atoms with Crippen molar-refractivity contribution < 1.29 is 9.32 Å². The van der Waals surface area contributed by atoms with Crippen molar-refractivity contribution >= 4 is 21.4 Å². The Bertz CT molecular complexity index is 1060. The second-order valence-corrected chi connectivity index (χ2v) is 9.24. The zero-order valence-electron chi connectivity index (χ0n) is 16.1. The molecule has 3 unspecified atom stereocenters. The molecule has 28 heavy (non-hydrogen) atoms. The van der Waals surface area contributed by atoms with Crippen LogP contribution in [0.3, 0.4) is 0 Å². The van der Waals surface area contributed by atoms with E-state index >= 15 is 0 Å². The Kier molecular flexibility index (Phi) is 4.97. The lowest BCUT2D eigenvalue weighted by atomic mass is 9.77. The third kappa shape index (κ3) is 3.05. The summed E-state index contributed by atoms with van der Waals surface area (Å²) in [5, 5.41) is 25.9. The predicted octanol–water partition coefficient (Wildman–Crippen LogP) is 2.31. The maximum atomic E-state index is 12.4. The molecule has 3 rings (SSSR count). The maximum Gasteiger partial charge on any atom is 0.163 e. The number of rotatable bonds is 4. The summed E-state index contributed by atoms with van der Waals surface area (Å²) in [7, 11) is 0.0608. The maximum absolute atomic E-state index is 12.4. The lowest BCUT2D eigenvalue weighted by Crippen LogP contribution is -2.45. The van der Waals surface area contributed by atoms with Crippen LogP contribution in [0.25, 0.3) is 0 Å². The predicted molar refractivity (Wildman–Crippen MR) is 107 cm³/mol. The van der Waals surface area contributed by atoms with Gasteiger partial charge in [-0.25, -0.2) is 23.3 Å². The van der Waals surface area contributed by atoms with Crippen LogP contribution in [0.4, 0.5) is 5.82 Å². The van der Waals surface area contributed by atoms with E-state index in [1.807, 2.05) is 26.0 Å². The van der Waals surface area contributed by atoms with Crippen LogP contribution in [0.5, 0.6) is 0 Å². The van der Waals surface area contributed by atoms with Crippen molar-refractivity contribution in [2.45, 2.75) is 30.4 Å². The Labute approximate surface area is 164 Å². The van der Waals surface area contributed by atoms with Crippen molar-refractivity contribution in [2.75, 3.05) is 19.1 Å². The zero-order valence-corrected chi connectivity index (χ0v) is 16.9. The number of nitriles is 1. The lowest BCUT2D eigenvalue weighted by Gasteiger charge is -2.31. The van der Waals surface area contributed by atoms with Gasteiger partial charge in [0.05, 0.1) is 27.7 Å². The summed E-state index contributed by atoms with van der Waals surface area (Å²) in [4.78, 5) is 4.55. The number of hydrogen-bond donors (Lipinski definition) is 2. The molecular formula is C19H22N6O2S. The molecule has 0 saturated heterocycles. The van der Waals surface area contributed by atoms with Gasteiger partial charge in [0.25, 0.3) is 0 Å². The summed E-state index contributed by atoms with van der Waals surface area (Å²) >= 11 is 0. The molecule has 0 saturated carbocycles. The van der Waals surface area contributed by atoms with E-state index < -0.39 is 21.6 Å². The van der Waals surface area contributed by atoms with Crippen LogP contribution in [0.15, 0.2) is 52.6 Å². The molecule has 1 aromatic carbocycles. The van der Waals surface area contributed by atoms with Crippen LogP contribution in [-0.4, -0.2) is 44.6 Å². The van der Waals surface area contributed by atoms with Crippen LogP contribution in [0, 0.1) is 16.1 Å². The first-order valence-corrected chi connectivity index (χ1v) is 10.1. The van der Waals surface area contributed by atoms with Crippen molar-refractivity contribution in [3.8, 4) is 6.07 Å². The second kappa shape index (κ2) is 6.98. The van der Waals surface area contributed by atoms with E-state index in [9.17, 15) is 9.32 Å². The first kappa shape index (κ1) is 19.9. The van der Waals surface area contributed by atoms with Gasteiger partial charge in [-0.15, -0.1) is 0 Å². The van der Waals surface area contributed by atoms with Crippen LogP contribution < -0.4 is 5.01 Å². The van der Waals surface area contributed by atoms with Crippen molar-refractivity contribution in [3.05, 3.63) is 53.7 Å². The van der Waals surface area contributed by atoms with Gasteiger partial charge in [-0.3, -0.25) is 0 Å². The number of aliphatic hydroxyl groups is 1. The highest BCUT2D eigenvalue weighted by atomic mass is 32.2. The van der Waals surface area contributed by atoms with E-state index in [0.717, 1.165) is 5.56 Å². The summed E-state index contributed by atoms with van der Waals surface area (Å²) in [6, 6.07) is 12.3. The normalized spacial score (nSPS) is 24.0. The molecule has 8 nitrogen and oxygen atoms in total. The number of pyridine rings is 1. The molecule has 1 aliphatic rings. The van der Waals surface area contributed by atoms with Gasteiger partial charge < -0.3 is 5.11 Å². The van der Waals surface area contributed by atoms with Crippen molar-refractivity contribution in [3.63, 3.8) is 0 Å². The fourth-order valence-electron chi connectivity index (χ4n) is 3.06. The van der Waals surface area contributed by atoms with Gasteiger partial charge in [0, 0.05) is 20.3 Å². The molecule has 2 heterocycles. The van der Waals surface area contributed by atoms with E-state index in [-0.39, 0.29) is 4.90 Å². The van der Waals surface area contributed by atoms with Crippen LogP contribution in [0.1, 0.15) is 25.0 Å². The van der Waals surface area contributed by atoms with Gasteiger partial charge in [0.1, 0.15) is 9.92 Å². The van der Waals surface area contributed by atoms with Crippen LogP contribution >= 0.6 is 0 Å². The van der Waals surface area contributed by atoms with Crippen LogP contribution in [-0.2, 0) is 15.3 Å². The highest BCUT2D eigenvalue weighted by Gasteiger charge is 2.47. The topological polar surface area (TPSA) is 117 Å². The summed E-state index contributed by atoms with van der Waals surface area (Å²) in [5.74, 6) is 0.391. The van der Waals surface area contributed by atoms with E-state index in [1.165, 1.54) is 15.5 Å². The van der Waals surface area contributed by atoms with Crippen molar-refractivity contribution in [2.24, 2.45) is 5.10 Å². The summed E-state index contributed by atoms with van der Waals surface area (Å²) in [5.41, 5.74) is 1.30. The molecule has 1 aliphatic heterocycles. The highest BCUT2D eigenvalue weighted by Crippen LogP contribution is 2.38. The molecule has 146 valence electrons. The summed E-state index contributed by atoms with van der Waals surface area (Å²) in [6.45, 7) is 3.72. The molecule has 0 spiro atoms. The number of nitrogens with zero attached hydrogens (tertiary/aromatic N) is 5. The van der Waals surface area contributed by atoms with Gasteiger partial charge in [0.15, 0.2) is 12.0 Å². The minimum atomic E-state index is -3.09. The van der Waals surface area contributed by atoms with Gasteiger partial charge in [-0.1, -0.05) is 12.1 Å². The number of aromatic nitrogens is 1. The lowest BCUT2D eigenvalue weighted by molar-refractivity contribution is 0.131. The van der Waals surface area contributed by atoms with E-state index in [4.69, 9.17) is 10.0 Å². The zero-order chi connectivity index (χ0) is 20.7. The van der Waals surface area contributed by atoms with E-state index in [1.54, 1.807) is 38.4 Å². The quantitative estimate of drug-likeness (QED) is 0.820. The van der Waals surface area contributed by atoms with Crippen molar-refractivity contribution in [1.82, 2.24) is 9.29 Å². The Balaban J connectivity index is 1.94.